The number of methoxy groups -OCH3 is 2. The standard InChI is InChI=1S/C25H28N4O3/c1-17-5-6-19(13-18(17)2)23-7-8-24(27-26-23)28-9-11-29(12-10-28)25(30)20-14-21(31-3)16-22(15-20)32-4/h5-8,13-16H,9-12H2,1-4H3. The number of rotatable bonds is 5. The van der Waals surface area contributed by atoms with Crippen molar-refractivity contribution in [3.8, 4) is 22.8 Å². The fourth-order valence-electron chi connectivity index (χ4n) is 3.80. The SMILES string of the molecule is COc1cc(OC)cc(C(=O)N2CCN(c3ccc(-c4ccc(C)c(C)c4)nn3)CC2)c1. The van der Waals surface area contributed by atoms with Crippen LogP contribution in [0.4, 0.5) is 5.82 Å². The Bertz CT molecular complexity index is 1080. The average molecular weight is 433 g/mol. The molecule has 7 heteroatoms. The molecule has 7 nitrogen and oxygen atoms in total. The highest BCUT2D eigenvalue weighted by Crippen LogP contribution is 2.25. The molecular weight excluding hydrogens is 404 g/mol. The van der Waals surface area contributed by atoms with Gasteiger partial charge in [0.25, 0.3) is 5.91 Å². The van der Waals surface area contributed by atoms with E-state index in [0.29, 0.717) is 43.2 Å². The fraction of sp³-hybridized carbons (Fsp3) is 0.320. The Kier molecular flexibility index (Phi) is 6.25. The van der Waals surface area contributed by atoms with Crippen LogP contribution < -0.4 is 14.4 Å². The Morgan fingerprint density at radius 3 is 2.06 bits per heavy atom. The second-order valence-electron chi connectivity index (χ2n) is 7.96. The summed E-state index contributed by atoms with van der Waals surface area (Å²) in [4.78, 5) is 17.0. The zero-order valence-corrected chi connectivity index (χ0v) is 19.0. The first-order chi connectivity index (χ1) is 15.5. The highest BCUT2D eigenvalue weighted by atomic mass is 16.5. The van der Waals surface area contributed by atoms with Crippen LogP contribution in [0.1, 0.15) is 21.5 Å². The van der Waals surface area contributed by atoms with Gasteiger partial charge in [0, 0.05) is 43.4 Å². The second-order valence-corrected chi connectivity index (χ2v) is 7.96. The van der Waals surface area contributed by atoms with Crippen LogP contribution in [0.2, 0.25) is 0 Å². The predicted octanol–water partition coefficient (Wildman–Crippen LogP) is 3.74. The van der Waals surface area contributed by atoms with Crippen LogP contribution in [0.25, 0.3) is 11.3 Å². The topological polar surface area (TPSA) is 67.8 Å². The number of hydrogen-bond acceptors (Lipinski definition) is 6. The molecule has 0 atom stereocenters. The number of nitrogens with zero attached hydrogens (tertiary/aromatic N) is 4. The van der Waals surface area contributed by atoms with Gasteiger partial charge in [-0.1, -0.05) is 12.1 Å². The lowest BCUT2D eigenvalue weighted by molar-refractivity contribution is 0.0745. The van der Waals surface area contributed by atoms with Gasteiger partial charge in [-0.05, 0) is 55.3 Å². The van der Waals surface area contributed by atoms with Crippen molar-refractivity contribution in [1.29, 1.82) is 0 Å². The van der Waals surface area contributed by atoms with Crippen molar-refractivity contribution in [2.45, 2.75) is 13.8 Å². The number of aromatic nitrogens is 2. The molecule has 0 saturated carbocycles. The normalized spacial score (nSPS) is 13.8. The summed E-state index contributed by atoms with van der Waals surface area (Å²) in [7, 11) is 3.15. The van der Waals surface area contributed by atoms with Gasteiger partial charge in [-0.2, -0.15) is 0 Å². The minimum Gasteiger partial charge on any atom is -0.497 e. The average Bonchev–Trinajstić information content (AvgIpc) is 2.85. The van der Waals surface area contributed by atoms with Crippen LogP contribution in [0.5, 0.6) is 11.5 Å². The maximum absolute atomic E-state index is 13.0. The van der Waals surface area contributed by atoms with Gasteiger partial charge in [0.1, 0.15) is 11.5 Å². The molecule has 2 aromatic carbocycles. The van der Waals surface area contributed by atoms with Crippen LogP contribution in [0.15, 0.2) is 48.5 Å². The highest BCUT2D eigenvalue weighted by molar-refractivity contribution is 5.95. The number of hydrogen-bond donors (Lipinski definition) is 0. The van der Waals surface area contributed by atoms with E-state index in [-0.39, 0.29) is 5.91 Å². The number of carbonyl (C=O) groups excluding carboxylic acids is 1. The molecular formula is C25H28N4O3. The van der Waals surface area contributed by atoms with Gasteiger partial charge >= 0.3 is 0 Å². The summed E-state index contributed by atoms with van der Waals surface area (Å²) in [5, 5.41) is 8.88. The molecule has 0 aliphatic carbocycles. The molecule has 1 aromatic heterocycles. The van der Waals surface area contributed by atoms with Crippen LogP contribution in [0, 0.1) is 13.8 Å². The van der Waals surface area contributed by atoms with Gasteiger partial charge in [0.05, 0.1) is 19.9 Å². The second kappa shape index (κ2) is 9.26. The highest BCUT2D eigenvalue weighted by Gasteiger charge is 2.24. The van der Waals surface area contributed by atoms with Crippen LogP contribution >= 0.6 is 0 Å². The third-order valence-corrected chi connectivity index (χ3v) is 5.94. The summed E-state index contributed by atoms with van der Waals surface area (Å²) in [6.07, 6.45) is 0. The summed E-state index contributed by atoms with van der Waals surface area (Å²) < 4.78 is 10.6. The van der Waals surface area contributed by atoms with E-state index in [2.05, 4.69) is 47.1 Å². The molecule has 4 rings (SSSR count). The predicted molar refractivity (Wildman–Crippen MR) is 125 cm³/mol. The zero-order valence-electron chi connectivity index (χ0n) is 19.0. The summed E-state index contributed by atoms with van der Waals surface area (Å²) in [6, 6.07) is 15.6. The molecule has 166 valence electrons. The largest absolute Gasteiger partial charge is 0.497 e. The quantitative estimate of drug-likeness (QED) is 0.612. The Morgan fingerprint density at radius 1 is 0.812 bits per heavy atom. The van der Waals surface area contributed by atoms with Crippen molar-refractivity contribution in [2.24, 2.45) is 0 Å². The number of piperazine rings is 1. The van der Waals surface area contributed by atoms with Crippen molar-refractivity contribution >= 4 is 11.7 Å². The van der Waals surface area contributed by atoms with E-state index in [0.717, 1.165) is 17.1 Å². The molecule has 1 aliphatic heterocycles. The molecule has 32 heavy (non-hydrogen) atoms. The van der Waals surface area contributed by atoms with E-state index >= 15 is 0 Å². The first-order valence-corrected chi connectivity index (χ1v) is 10.7. The number of ether oxygens (including phenoxy) is 2. The van der Waals surface area contributed by atoms with E-state index in [4.69, 9.17) is 9.47 Å². The van der Waals surface area contributed by atoms with Gasteiger partial charge in [0.2, 0.25) is 0 Å². The van der Waals surface area contributed by atoms with Crippen molar-refractivity contribution < 1.29 is 14.3 Å². The van der Waals surface area contributed by atoms with Gasteiger partial charge < -0.3 is 19.3 Å². The lowest BCUT2D eigenvalue weighted by Crippen LogP contribution is -2.49. The number of amides is 1. The van der Waals surface area contributed by atoms with Gasteiger partial charge in [0.15, 0.2) is 5.82 Å². The number of anilines is 1. The van der Waals surface area contributed by atoms with E-state index in [9.17, 15) is 4.79 Å². The van der Waals surface area contributed by atoms with Crippen molar-refractivity contribution in [2.75, 3.05) is 45.3 Å². The molecule has 3 aromatic rings. The molecule has 1 fully saturated rings. The first-order valence-electron chi connectivity index (χ1n) is 10.7. The lowest BCUT2D eigenvalue weighted by atomic mass is 10.0. The Morgan fingerprint density at radius 2 is 1.50 bits per heavy atom. The fourth-order valence-corrected chi connectivity index (χ4v) is 3.80. The molecule has 1 aliphatic rings. The van der Waals surface area contributed by atoms with E-state index < -0.39 is 0 Å². The smallest absolute Gasteiger partial charge is 0.254 e. The number of benzene rings is 2. The van der Waals surface area contributed by atoms with Crippen molar-refractivity contribution in [3.05, 3.63) is 65.2 Å². The molecule has 1 amide bonds. The molecule has 0 N–H and O–H groups in total. The number of aryl methyl sites for hydroxylation is 2. The van der Waals surface area contributed by atoms with Crippen molar-refractivity contribution in [1.82, 2.24) is 15.1 Å². The minimum atomic E-state index is -0.0296. The molecule has 0 bridgehead atoms. The summed E-state index contributed by atoms with van der Waals surface area (Å²) >= 11 is 0. The zero-order chi connectivity index (χ0) is 22.7. The molecule has 0 spiro atoms. The Balaban J connectivity index is 1.41. The third-order valence-electron chi connectivity index (χ3n) is 5.94. The lowest BCUT2D eigenvalue weighted by Gasteiger charge is -2.35. The molecule has 2 heterocycles. The Labute approximate surface area is 188 Å². The van der Waals surface area contributed by atoms with Crippen molar-refractivity contribution in [3.63, 3.8) is 0 Å². The molecule has 0 unspecified atom stereocenters. The van der Waals surface area contributed by atoms with Crippen LogP contribution in [-0.4, -0.2) is 61.4 Å². The maximum Gasteiger partial charge on any atom is 0.254 e. The number of carbonyl (C=O) groups is 1. The molecule has 1 saturated heterocycles. The van der Waals surface area contributed by atoms with Crippen LogP contribution in [0.3, 0.4) is 0 Å². The summed E-state index contributed by atoms with van der Waals surface area (Å²) in [6.45, 7) is 6.82. The third kappa shape index (κ3) is 4.51. The van der Waals surface area contributed by atoms with Gasteiger partial charge in [-0.25, -0.2) is 0 Å². The van der Waals surface area contributed by atoms with E-state index in [1.807, 2.05) is 17.0 Å². The summed E-state index contributed by atoms with van der Waals surface area (Å²) in [5.41, 5.74) is 4.99. The Hall–Kier alpha value is -3.61. The maximum atomic E-state index is 13.0. The first kappa shape index (κ1) is 21.6. The van der Waals surface area contributed by atoms with Gasteiger partial charge in [-0.15, -0.1) is 10.2 Å². The molecule has 0 radical (unpaired) electrons. The monoisotopic (exact) mass is 432 g/mol. The summed E-state index contributed by atoms with van der Waals surface area (Å²) in [5.74, 6) is 2.00. The van der Waals surface area contributed by atoms with Crippen LogP contribution in [-0.2, 0) is 0 Å². The van der Waals surface area contributed by atoms with E-state index in [1.54, 1.807) is 32.4 Å². The minimum absolute atomic E-state index is 0.0296. The van der Waals surface area contributed by atoms with E-state index in [1.165, 1.54) is 11.1 Å². The van der Waals surface area contributed by atoms with Gasteiger partial charge in [-0.3, -0.25) is 4.79 Å².